The smallest absolute Gasteiger partial charge is 0.206 e. The van der Waals surface area contributed by atoms with Crippen LogP contribution in [-0.4, -0.2) is 16.6 Å². The van der Waals surface area contributed by atoms with Gasteiger partial charge in [0.05, 0.1) is 11.6 Å². The molecule has 0 bridgehead atoms. The Hall–Kier alpha value is -1.19. The van der Waals surface area contributed by atoms with Crippen LogP contribution in [0.3, 0.4) is 0 Å². The van der Waals surface area contributed by atoms with E-state index in [2.05, 4.69) is 37.9 Å². The second-order valence-electron chi connectivity index (χ2n) is 5.42. The molecule has 2 aromatic rings. The molecule has 1 aromatic heterocycles. The lowest BCUT2D eigenvalue weighted by Gasteiger charge is -2.18. The lowest BCUT2D eigenvalue weighted by Crippen LogP contribution is -2.10. The first-order chi connectivity index (χ1) is 8.91. The van der Waals surface area contributed by atoms with E-state index in [-0.39, 0.29) is 17.1 Å². The number of carbonyl (C=O) groups is 1. The minimum absolute atomic E-state index is 0.0179. The van der Waals surface area contributed by atoms with E-state index in [0.29, 0.717) is 5.01 Å². The zero-order valence-corrected chi connectivity index (χ0v) is 12.8. The van der Waals surface area contributed by atoms with Gasteiger partial charge in [-0.1, -0.05) is 45.0 Å². The van der Waals surface area contributed by atoms with Gasteiger partial charge in [-0.15, -0.1) is 22.9 Å². The first-order valence-corrected chi connectivity index (χ1v) is 7.49. The Morgan fingerprint density at radius 3 is 2.42 bits per heavy atom. The summed E-state index contributed by atoms with van der Waals surface area (Å²) in [5.74, 6) is -0.139. The largest absolute Gasteiger partial charge is 0.290 e. The number of benzene rings is 1. The predicted molar refractivity (Wildman–Crippen MR) is 81.3 cm³/mol. The minimum Gasteiger partial charge on any atom is -0.290 e. The van der Waals surface area contributed by atoms with E-state index < -0.39 is 0 Å². The molecule has 2 nitrogen and oxygen atoms in total. The highest BCUT2D eigenvalue weighted by atomic mass is 35.5. The lowest BCUT2D eigenvalue weighted by atomic mass is 9.86. The molecule has 1 heterocycles. The molecule has 0 N–H and O–H groups in total. The summed E-state index contributed by atoms with van der Waals surface area (Å²) in [6.45, 7) is 6.55. The summed E-state index contributed by atoms with van der Waals surface area (Å²) in [6, 6.07) is 8.31. The van der Waals surface area contributed by atoms with Crippen LogP contribution < -0.4 is 0 Å². The van der Waals surface area contributed by atoms with Crippen LogP contribution in [0.2, 0.25) is 0 Å². The number of hydrogen-bond acceptors (Lipinski definition) is 3. The molecule has 0 unspecified atom stereocenters. The maximum atomic E-state index is 11.5. The van der Waals surface area contributed by atoms with E-state index in [4.69, 9.17) is 11.6 Å². The van der Waals surface area contributed by atoms with Crippen LogP contribution in [0.4, 0.5) is 0 Å². The molecule has 0 aliphatic heterocycles. The molecule has 4 heteroatoms. The fraction of sp³-hybridized carbons (Fsp3) is 0.333. The number of Topliss-reactive ketones (excluding diaryl/α,β-unsaturated/α-hetero) is 1. The van der Waals surface area contributed by atoms with Gasteiger partial charge >= 0.3 is 0 Å². The van der Waals surface area contributed by atoms with Gasteiger partial charge in [0, 0.05) is 10.9 Å². The van der Waals surface area contributed by atoms with E-state index in [1.54, 1.807) is 0 Å². The highest BCUT2D eigenvalue weighted by Gasteiger charge is 2.14. The quantitative estimate of drug-likeness (QED) is 0.615. The number of hydrogen-bond donors (Lipinski definition) is 0. The SMILES string of the molecule is CC(C)(C)c1ccc(-c2csc(C(=O)CCl)n2)cc1. The molecule has 0 saturated heterocycles. The Labute approximate surface area is 122 Å². The minimum atomic E-state index is -0.121. The third-order valence-electron chi connectivity index (χ3n) is 2.91. The summed E-state index contributed by atoms with van der Waals surface area (Å²) in [6.07, 6.45) is 0. The molecule has 0 amide bonds. The molecular formula is C15H16ClNOS. The van der Waals surface area contributed by atoms with E-state index in [0.717, 1.165) is 11.3 Å². The number of carbonyl (C=O) groups excluding carboxylic acids is 1. The van der Waals surface area contributed by atoms with Gasteiger partial charge < -0.3 is 0 Å². The fourth-order valence-electron chi connectivity index (χ4n) is 1.73. The molecular weight excluding hydrogens is 278 g/mol. The van der Waals surface area contributed by atoms with Gasteiger partial charge in [0.2, 0.25) is 5.78 Å². The topological polar surface area (TPSA) is 30.0 Å². The average molecular weight is 294 g/mol. The van der Waals surface area contributed by atoms with Gasteiger partial charge in [-0.2, -0.15) is 0 Å². The maximum absolute atomic E-state index is 11.5. The van der Waals surface area contributed by atoms with E-state index in [1.165, 1.54) is 16.9 Å². The number of nitrogens with zero attached hydrogens (tertiary/aromatic N) is 1. The third-order valence-corrected chi connectivity index (χ3v) is 4.04. The Bertz CT molecular complexity index is 581. The van der Waals surface area contributed by atoms with Crippen LogP contribution in [0.5, 0.6) is 0 Å². The van der Waals surface area contributed by atoms with Crippen LogP contribution in [0.25, 0.3) is 11.3 Å². The van der Waals surface area contributed by atoms with E-state index in [1.807, 2.05) is 17.5 Å². The monoisotopic (exact) mass is 293 g/mol. The molecule has 0 spiro atoms. The number of ketones is 1. The molecule has 100 valence electrons. The molecule has 0 aliphatic carbocycles. The van der Waals surface area contributed by atoms with Crippen molar-refractivity contribution in [3.8, 4) is 11.3 Å². The van der Waals surface area contributed by atoms with Crippen LogP contribution in [0, 0.1) is 0 Å². The van der Waals surface area contributed by atoms with Crippen LogP contribution in [0.1, 0.15) is 36.1 Å². The summed E-state index contributed by atoms with van der Waals surface area (Å²) in [5, 5.41) is 2.37. The number of rotatable bonds is 3. The van der Waals surface area contributed by atoms with Crippen molar-refractivity contribution < 1.29 is 4.79 Å². The van der Waals surface area contributed by atoms with Crippen molar-refractivity contribution in [3.63, 3.8) is 0 Å². The summed E-state index contributed by atoms with van der Waals surface area (Å²) in [7, 11) is 0. The second kappa shape index (κ2) is 5.43. The highest BCUT2D eigenvalue weighted by Crippen LogP contribution is 2.27. The number of alkyl halides is 1. The normalized spacial score (nSPS) is 11.6. The molecule has 1 aromatic carbocycles. The van der Waals surface area contributed by atoms with Crippen LogP contribution in [0.15, 0.2) is 29.6 Å². The van der Waals surface area contributed by atoms with E-state index >= 15 is 0 Å². The molecule has 0 radical (unpaired) electrons. The number of thiazole rings is 1. The van der Waals surface area contributed by atoms with Crippen molar-refractivity contribution in [1.29, 1.82) is 0 Å². The Kier molecular flexibility index (Phi) is 4.07. The van der Waals surface area contributed by atoms with Crippen molar-refractivity contribution in [2.24, 2.45) is 0 Å². The molecule has 0 aliphatic rings. The third kappa shape index (κ3) is 3.23. The van der Waals surface area contributed by atoms with Crippen molar-refractivity contribution >= 4 is 28.7 Å². The summed E-state index contributed by atoms with van der Waals surface area (Å²) < 4.78 is 0. The van der Waals surface area contributed by atoms with E-state index in [9.17, 15) is 4.79 Å². The maximum Gasteiger partial charge on any atom is 0.206 e. The van der Waals surface area contributed by atoms with Crippen LogP contribution in [-0.2, 0) is 5.41 Å². The highest BCUT2D eigenvalue weighted by molar-refractivity contribution is 7.12. The lowest BCUT2D eigenvalue weighted by molar-refractivity contribution is 0.102. The fourth-order valence-corrected chi connectivity index (χ4v) is 2.71. The second-order valence-corrected chi connectivity index (χ2v) is 6.55. The summed E-state index contributed by atoms with van der Waals surface area (Å²) in [5.41, 5.74) is 3.28. The molecule has 2 rings (SSSR count). The zero-order valence-electron chi connectivity index (χ0n) is 11.2. The molecule has 0 fully saturated rings. The summed E-state index contributed by atoms with van der Waals surface area (Å²) >= 11 is 6.87. The van der Waals surface area contributed by atoms with Crippen molar-refractivity contribution in [2.75, 3.05) is 5.88 Å². The average Bonchev–Trinajstić information content (AvgIpc) is 2.86. The predicted octanol–water partition coefficient (Wildman–Crippen LogP) is 4.53. The van der Waals surface area contributed by atoms with Gasteiger partial charge in [-0.05, 0) is 11.0 Å². The van der Waals surface area contributed by atoms with Gasteiger partial charge in [0.25, 0.3) is 0 Å². The number of halogens is 1. The first-order valence-electron chi connectivity index (χ1n) is 6.07. The van der Waals surface area contributed by atoms with Gasteiger partial charge in [-0.3, -0.25) is 4.79 Å². The Morgan fingerprint density at radius 1 is 1.26 bits per heavy atom. The molecule has 0 atom stereocenters. The van der Waals surface area contributed by atoms with Crippen LogP contribution >= 0.6 is 22.9 Å². The standard InChI is InChI=1S/C15H16ClNOS/c1-15(2,3)11-6-4-10(5-7-11)12-9-19-14(17-12)13(18)8-16/h4-7,9H,8H2,1-3H3. The van der Waals surface area contributed by atoms with Crippen molar-refractivity contribution in [1.82, 2.24) is 4.98 Å². The van der Waals surface area contributed by atoms with Gasteiger partial charge in [-0.25, -0.2) is 4.98 Å². The first kappa shape index (κ1) is 14.2. The summed E-state index contributed by atoms with van der Waals surface area (Å²) in [4.78, 5) is 15.8. The van der Waals surface area contributed by atoms with Gasteiger partial charge in [0.15, 0.2) is 5.01 Å². The molecule has 0 saturated carbocycles. The Morgan fingerprint density at radius 2 is 1.89 bits per heavy atom. The molecule has 19 heavy (non-hydrogen) atoms. The Balaban J connectivity index is 2.28. The number of aromatic nitrogens is 1. The van der Waals surface area contributed by atoms with Crippen molar-refractivity contribution in [2.45, 2.75) is 26.2 Å². The van der Waals surface area contributed by atoms with Crippen molar-refractivity contribution in [3.05, 3.63) is 40.2 Å². The zero-order chi connectivity index (χ0) is 14.0. The van der Waals surface area contributed by atoms with Gasteiger partial charge in [0.1, 0.15) is 0 Å².